The fourth-order valence-electron chi connectivity index (χ4n) is 2.03. The van der Waals surface area contributed by atoms with E-state index < -0.39 is 0 Å². The molecule has 3 N–H and O–H groups in total. The number of halogens is 1. The van der Waals surface area contributed by atoms with Crippen molar-refractivity contribution in [1.29, 1.82) is 0 Å². The fraction of sp³-hybridized carbons (Fsp3) is 0.167. The number of rotatable bonds is 6. The highest BCUT2D eigenvalue weighted by atomic mass is 79.9. The number of hydrogen-bond donors (Lipinski definition) is 3. The summed E-state index contributed by atoms with van der Waals surface area (Å²) in [4.78, 5) is 34.8. The number of carbonyl (C=O) groups excluding carboxylic acids is 3. The van der Waals surface area contributed by atoms with Gasteiger partial charge in [0.05, 0.1) is 0 Å². The van der Waals surface area contributed by atoms with Crippen LogP contribution in [0.5, 0.6) is 0 Å². The number of nitrogens with one attached hydrogen (secondary N) is 3. The van der Waals surface area contributed by atoms with Gasteiger partial charge >= 0.3 is 0 Å². The molecule has 7 heteroatoms. The molecule has 2 rings (SSSR count). The molecule has 25 heavy (non-hydrogen) atoms. The van der Waals surface area contributed by atoms with Crippen LogP contribution in [0.25, 0.3) is 0 Å². The molecule has 6 nitrogen and oxygen atoms in total. The molecule has 0 aromatic heterocycles. The average Bonchev–Trinajstić information content (AvgIpc) is 2.59. The quantitative estimate of drug-likeness (QED) is 0.647. The second kappa shape index (κ2) is 8.98. The van der Waals surface area contributed by atoms with E-state index in [0.717, 1.165) is 4.47 Å². The van der Waals surface area contributed by atoms with E-state index in [-0.39, 0.29) is 17.7 Å². The summed E-state index contributed by atoms with van der Waals surface area (Å²) in [6.07, 6.45) is 0. The van der Waals surface area contributed by atoms with Gasteiger partial charge in [-0.3, -0.25) is 14.4 Å². The smallest absolute Gasteiger partial charge is 0.255 e. The summed E-state index contributed by atoms with van der Waals surface area (Å²) in [5.74, 6) is -0.601. The van der Waals surface area contributed by atoms with Gasteiger partial charge < -0.3 is 16.0 Å². The zero-order valence-corrected chi connectivity index (χ0v) is 15.2. The molecule has 0 bridgehead atoms. The molecule has 2 aromatic rings. The van der Waals surface area contributed by atoms with Crippen LogP contribution in [0.4, 0.5) is 5.69 Å². The van der Waals surface area contributed by atoms with Gasteiger partial charge in [0.1, 0.15) is 0 Å². The van der Waals surface area contributed by atoms with E-state index >= 15 is 0 Å². The number of carbonyl (C=O) groups is 3. The Morgan fingerprint density at radius 1 is 0.800 bits per heavy atom. The minimum Gasteiger partial charge on any atom is -0.355 e. The van der Waals surface area contributed by atoms with Crippen molar-refractivity contribution in [2.75, 3.05) is 18.4 Å². The van der Waals surface area contributed by atoms with Gasteiger partial charge in [-0.25, -0.2) is 0 Å². The molecule has 0 radical (unpaired) electrons. The largest absolute Gasteiger partial charge is 0.355 e. The lowest BCUT2D eigenvalue weighted by Crippen LogP contribution is -2.33. The molecule has 0 heterocycles. The van der Waals surface area contributed by atoms with Crippen molar-refractivity contribution in [3.8, 4) is 0 Å². The van der Waals surface area contributed by atoms with Crippen LogP contribution in [0.3, 0.4) is 0 Å². The van der Waals surface area contributed by atoms with Crippen molar-refractivity contribution in [3.63, 3.8) is 0 Å². The van der Waals surface area contributed by atoms with E-state index in [0.29, 0.717) is 29.9 Å². The molecule has 130 valence electrons. The second-order valence-corrected chi connectivity index (χ2v) is 6.19. The van der Waals surface area contributed by atoms with Crippen LogP contribution >= 0.6 is 15.9 Å². The van der Waals surface area contributed by atoms with E-state index in [1.165, 1.54) is 6.92 Å². The molecule has 0 aliphatic heterocycles. The molecule has 0 saturated heterocycles. The first-order valence-corrected chi connectivity index (χ1v) is 8.44. The van der Waals surface area contributed by atoms with E-state index in [1.54, 1.807) is 48.5 Å². The van der Waals surface area contributed by atoms with Crippen LogP contribution in [-0.2, 0) is 4.79 Å². The molecule has 0 unspecified atom stereocenters. The molecule has 3 amide bonds. The minimum absolute atomic E-state index is 0.139. The van der Waals surface area contributed by atoms with Crippen molar-refractivity contribution in [1.82, 2.24) is 10.6 Å². The van der Waals surface area contributed by atoms with E-state index in [4.69, 9.17) is 0 Å². The molecule has 0 spiro atoms. The third-order valence-electron chi connectivity index (χ3n) is 3.30. The Hall–Kier alpha value is -2.67. The minimum atomic E-state index is -0.240. The standard InChI is InChI=1S/C18H18BrN3O3/c1-12(23)20-10-11-21-17(24)13-4-8-16(9-5-13)22-18(25)14-2-6-15(19)7-3-14/h2-9H,10-11H2,1H3,(H,20,23)(H,21,24)(H,22,25). The Kier molecular flexibility index (Phi) is 6.71. The Morgan fingerprint density at radius 2 is 1.32 bits per heavy atom. The third kappa shape index (κ3) is 6.04. The van der Waals surface area contributed by atoms with Crippen molar-refractivity contribution in [3.05, 3.63) is 64.1 Å². The van der Waals surface area contributed by atoms with Crippen LogP contribution in [-0.4, -0.2) is 30.8 Å². The van der Waals surface area contributed by atoms with Crippen LogP contribution < -0.4 is 16.0 Å². The fourth-order valence-corrected chi connectivity index (χ4v) is 2.29. The predicted octanol–water partition coefficient (Wildman–Crippen LogP) is 2.57. The van der Waals surface area contributed by atoms with Gasteiger partial charge in [0.25, 0.3) is 11.8 Å². The molecule has 0 fully saturated rings. The average molecular weight is 404 g/mol. The summed E-state index contributed by atoms with van der Waals surface area (Å²) in [5, 5.41) is 8.07. The first-order valence-electron chi connectivity index (χ1n) is 7.65. The molecule has 0 saturated carbocycles. The van der Waals surface area contributed by atoms with Crippen molar-refractivity contribution in [2.45, 2.75) is 6.92 Å². The van der Waals surface area contributed by atoms with Crippen molar-refractivity contribution in [2.24, 2.45) is 0 Å². The monoisotopic (exact) mass is 403 g/mol. The summed E-state index contributed by atoms with van der Waals surface area (Å²) in [7, 11) is 0. The maximum absolute atomic E-state index is 12.1. The maximum atomic E-state index is 12.1. The summed E-state index contributed by atoms with van der Waals surface area (Å²) in [5.41, 5.74) is 1.62. The van der Waals surface area contributed by atoms with Gasteiger partial charge in [-0.05, 0) is 48.5 Å². The summed E-state index contributed by atoms with van der Waals surface area (Å²) >= 11 is 3.32. The van der Waals surface area contributed by atoms with Gasteiger partial charge in [-0.15, -0.1) is 0 Å². The highest BCUT2D eigenvalue weighted by Gasteiger charge is 2.08. The summed E-state index contributed by atoms with van der Waals surface area (Å²) in [6, 6.07) is 13.6. The molecule has 0 atom stereocenters. The number of benzene rings is 2. The first-order chi connectivity index (χ1) is 12.0. The Bertz CT molecular complexity index is 758. The first kappa shape index (κ1) is 18.7. The lowest BCUT2D eigenvalue weighted by atomic mass is 10.1. The molecule has 2 aromatic carbocycles. The molecular weight excluding hydrogens is 386 g/mol. The Labute approximate surface area is 154 Å². The van der Waals surface area contributed by atoms with Gasteiger partial charge in [0.2, 0.25) is 5.91 Å². The van der Waals surface area contributed by atoms with E-state index in [9.17, 15) is 14.4 Å². The Balaban J connectivity index is 1.88. The van der Waals surface area contributed by atoms with Crippen LogP contribution in [0.15, 0.2) is 53.0 Å². The van der Waals surface area contributed by atoms with Gasteiger partial charge in [-0.1, -0.05) is 15.9 Å². The summed E-state index contributed by atoms with van der Waals surface area (Å²) < 4.78 is 0.901. The van der Waals surface area contributed by atoms with Gasteiger partial charge in [0.15, 0.2) is 0 Å². The number of amides is 3. The molecule has 0 aliphatic carbocycles. The number of hydrogen-bond acceptors (Lipinski definition) is 3. The van der Waals surface area contributed by atoms with Crippen LogP contribution in [0, 0.1) is 0 Å². The van der Waals surface area contributed by atoms with Gasteiger partial charge in [-0.2, -0.15) is 0 Å². The Morgan fingerprint density at radius 3 is 1.92 bits per heavy atom. The van der Waals surface area contributed by atoms with Crippen LogP contribution in [0.1, 0.15) is 27.6 Å². The van der Waals surface area contributed by atoms with Crippen LogP contribution in [0.2, 0.25) is 0 Å². The summed E-state index contributed by atoms with van der Waals surface area (Å²) in [6.45, 7) is 2.14. The normalized spacial score (nSPS) is 10.0. The highest BCUT2D eigenvalue weighted by Crippen LogP contribution is 2.14. The van der Waals surface area contributed by atoms with Gasteiger partial charge in [0, 0.05) is 41.3 Å². The van der Waals surface area contributed by atoms with E-state index in [1.807, 2.05) is 0 Å². The molecule has 0 aliphatic rings. The third-order valence-corrected chi connectivity index (χ3v) is 3.82. The maximum Gasteiger partial charge on any atom is 0.255 e. The zero-order valence-electron chi connectivity index (χ0n) is 13.6. The second-order valence-electron chi connectivity index (χ2n) is 5.28. The lowest BCUT2D eigenvalue weighted by Gasteiger charge is -2.08. The lowest BCUT2D eigenvalue weighted by molar-refractivity contribution is -0.118. The zero-order chi connectivity index (χ0) is 18.2. The topological polar surface area (TPSA) is 87.3 Å². The predicted molar refractivity (Wildman–Crippen MR) is 99.6 cm³/mol. The SMILES string of the molecule is CC(=O)NCCNC(=O)c1ccc(NC(=O)c2ccc(Br)cc2)cc1. The number of anilines is 1. The van der Waals surface area contributed by atoms with Crippen molar-refractivity contribution < 1.29 is 14.4 Å². The highest BCUT2D eigenvalue weighted by molar-refractivity contribution is 9.10. The van der Waals surface area contributed by atoms with Crippen molar-refractivity contribution >= 4 is 39.3 Å². The molecular formula is C18H18BrN3O3. The van der Waals surface area contributed by atoms with E-state index in [2.05, 4.69) is 31.9 Å².